The summed E-state index contributed by atoms with van der Waals surface area (Å²) < 4.78 is 18.7. The number of amides is 1. The molecule has 0 spiro atoms. The van der Waals surface area contributed by atoms with E-state index in [1.54, 1.807) is 0 Å². The quantitative estimate of drug-likeness (QED) is 0.428. The third kappa shape index (κ3) is 3.64. The number of rotatable bonds is 6. The summed E-state index contributed by atoms with van der Waals surface area (Å²) in [7, 11) is 1.35. The molecule has 0 fully saturated rings. The Bertz CT molecular complexity index is 950. The van der Waals surface area contributed by atoms with Crippen LogP contribution in [0.1, 0.15) is 13.3 Å². The van der Waals surface area contributed by atoms with Crippen LogP contribution in [0.4, 0.5) is 16.2 Å². The first-order chi connectivity index (χ1) is 12.5. The number of nitrogen functional groups attached to an aromatic ring is 1. The second kappa shape index (κ2) is 7.47. The van der Waals surface area contributed by atoms with Crippen LogP contribution >= 0.6 is 11.8 Å². The fourth-order valence-electron chi connectivity index (χ4n) is 2.10. The molecule has 0 saturated carbocycles. The first kappa shape index (κ1) is 17.8. The highest BCUT2D eigenvalue weighted by molar-refractivity contribution is 8.00. The number of nitrogens with two attached hydrogens (primary N) is 1. The van der Waals surface area contributed by atoms with Crippen LogP contribution in [0.15, 0.2) is 17.6 Å². The van der Waals surface area contributed by atoms with E-state index in [1.165, 1.54) is 25.2 Å². The normalized spacial score (nSPS) is 12.1. The number of ether oxygens (including phenoxy) is 1. The molecule has 3 rings (SSSR count). The lowest BCUT2D eigenvalue weighted by Crippen LogP contribution is -2.26. The molecule has 0 aliphatic carbocycles. The van der Waals surface area contributed by atoms with Crippen LogP contribution < -0.4 is 15.8 Å². The topological polar surface area (TPSA) is 145 Å². The van der Waals surface area contributed by atoms with Crippen molar-refractivity contribution in [1.82, 2.24) is 29.9 Å². The maximum Gasteiger partial charge on any atom is 0.318 e. The van der Waals surface area contributed by atoms with E-state index in [0.717, 1.165) is 6.20 Å². The summed E-state index contributed by atoms with van der Waals surface area (Å²) in [5.74, 6) is -1.41. The van der Waals surface area contributed by atoms with E-state index in [-0.39, 0.29) is 17.8 Å². The van der Waals surface area contributed by atoms with Gasteiger partial charge < -0.3 is 20.8 Å². The molecule has 0 radical (unpaired) electrons. The molecule has 3 aromatic heterocycles. The number of hydrogen-bond donors (Lipinski definition) is 3. The number of fused-ring (bicyclic) bond motifs is 1. The van der Waals surface area contributed by atoms with Crippen LogP contribution in [0.2, 0.25) is 0 Å². The number of anilines is 2. The highest BCUT2D eigenvalue weighted by Crippen LogP contribution is 2.30. The standard InChI is InChI=1S/C14H15FN8O2S/c1-3-7(11(24)20-9-6(15)4-17-14(22-9)25-2)26-12-8-10(19-5-18-8)21-13(16)23-12/h4-5,7H,3H2,1-2H3,(H,17,20,22,24)(H3,16,18,19,21,23)/t7-/m0/s1. The highest BCUT2D eigenvalue weighted by Gasteiger charge is 2.23. The molecule has 4 N–H and O–H groups in total. The van der Waals surface area contributed by atoms with E-state index in [1.807, 2.05) is 6.92 Å². The van der Waals surface area contributed by atoms with Crippen LogP contribution in [-0.2, 0) is 4.79 Å². The number of nitrogens with zero attached hydrogens (tertiary/aromatic N) is 5. The van der Waals surface area contributed by atoms with E-state index in [9.17, 15) is 9.18 Å². The van der Waals surface area contributed by atoms with Crippen molar-refractivity contribution in [1.29, 1.82) is 0 Å². The van der Waals surface area contributed by atoms with Gasteiger partial charge in [0.15, 0.2) is 17.3 Å². The fourth-order valence-corrected chi connectivity index (χ4v) is 3.12. The van der Waals surface area contributed by atoms with Gasteiger partial charge in [0.1, 0.15) is 10.5 Å². The summed E-state index contributed by atoms with van der Waals surface area (Å²) >= 11 is 1.17. The molecule has 0 aromatic carbocycles. The number of carbonyl (C=O) groups is 1. The zero-order valence-electron chi connectivity index (χ0n) is 13.9. The van der Waals surface area contributed by atoms with Gasteiger partial charge in [-0.2, -0.15) is 9.97 Å². The molecule has 0 bridgehead atoms. The number of thioether (sulfide) groups is 1. The number of hydrogen-bond acceptors (Lipinski definition) is 9. The number of imidazole rings is 1. The number of H-pyrrole nitrogens is 1. The van der Waals surface area contributed by atoms with Crippen molar-refractivity contribution < 1.29 is 13.9 Å². The molecule has 26 heavy (non-hydrogen) atoms. The minimum atomic E-state index is -0.763. The van der Waals surface area contributed by atoms with Crippen LogP contribution in [-0.4, -0.2) is 48.2 Å². The summed E-state index contributed by atoms with van der Waals surface area (Å²) in [4.78, 5) is 35.1. The molecular weight excluding hydrogens is 363 g/mol. The van der Waals surface area contributed by atoms with Crippen molar-refractivity contribution in [2.24, 2.45) is 0 Å². The van der Waals surface area contributed by atoms with Gasteiger partial charge in [-0.05, 0) is 6.42 Å². The Hall–Kier alpha value is -3.02. The molecular formula is C14H15FN8O2S. The van der Waals surface area contributed by atoms with Crippen LogP contribution in [0.25, 0.3) is 11.2 Å². The summed E-state index contributed by atoms with van der Waals surface area (Å²) in [5, 5.41) is 2.35. The Labute approximate surface area is 151 Å². The molecule has 1 amide bonds. The van der Waals surface area contributed by atoms with E-state index < -0.39 is 17.0 Å². The maximum absolute atomic E-state index is 13.8. The maximum atomic E-state index is 13.8. The minimum Gasteiger partial charge on any atom is -0.467 e. The number of halogens is 1. The largest absolute Gasteiger partial charge is 0.467 e. The van der Waals surface area contributed by atoms with Crippen molar-refractivity contribution >= 4 is 40.6 Å². The van der Waals surface area contributed by atoms with Crippen LogP contribution in [0.5, 0.6) is 6.01 Å². The van der Waals surface area contributed by atoms with Gasteiger partial charge in [0, 0.05) is 0 Å². The lowest BCUT2D eigenvalue weighted by molar-refractivity contribution is -0.115. The summed E-state index contributed by atoms with van der Waals surface area (Å²) in [6, 6.07) is -0.0508. The summed E-state index contributed by atoms with van der Waals surface area (Å²) in [6.07, 6.45) is 2.85. The Morgan fingerprint density at radius 2 is 2.23 bits per heavy atom. The fraction of sp³-hybridized carbons (Fsp3) is 0.286. The minimum absolute atomic E-state index is 0.0499. The molecule has 0 aliphatic rings. The smallest absolute Gasteiger partial charge is 0.318 e. The number of aromatic amines is 1. The Balaban J connectivity index is 1.82. The number of aromatic nitrogens is 6. The zero-order valence-corrected chi connectivity index (χ0v) is 14.7. The molecule has 1 atom stereocenters. The van der Waals surface area contributed by atoms with Crippen molar-refractivity contribution in [2.75, 3.05) is 18.2 Å². The van der Waals surface area contributed by atoms with Gasteiger partial charge in [0.05, 0.1) is 24.9 Å². The van der Waals surface area contributed by atoms with Crippen molar-refractivity contribution in [3.63, 3.8) is 0 Å². The van der Waals surface area contributed by atoms with Gasteiger partial charge in [-0.3, -0.25) is 4.79 Å². The third-order valence-corrected chi connectivity index (χ3v) is 4.68. The van der Waals surface area contributed by atoms with Crippen molar-refractivity contribution in [2.45, 2.75) is 23.6 Å². The molecule has 0 saturated heterocycles. The molecule has 3 heterocycles. The van der Waals surface area contributed by atoms with E-state index in [0.29, 0.717) is 22.6 Å². The van der Waals surface area contributed by atoms with E-state index in [4.69, 9.17) is 10.5 Å². The van der Waals surface area contributed by atoms with Gasteiger partial charge in [0.25, 0.3) is 0 Å². The second-order valence-corrected chi connectivity index (χ2v) is 6.24. The van der Waals surface area contributed by atoms with E-state index in [2.05, 4.69) is 35.2 Å². The third-order valence-electron chi connectivity index (χ3n) is 3.33. The van der Waals surface area contributed by atoms with Crippen LogP contribution in [0, 0.1) is 5.82 Å². The first-order valence-electron chi connectivity index (χ1n) is 7.52. The molecule has 0 unspecified atom stereocenters. The lowest BCUT2D eigenvalue weighted by atomic mass is 10.3. The van der Waals surface area contributed by atoms with Gasteiger partial charge in [-0.15, -0.1) is 0 Å². The Kier molecular flexibility index (Phi) is 5.11. The van der Waals surface area contributed by atoms with Gasteiger partial charge >= 0.3 is 6.01 Å². The first-order valence-corrected chi connectivity index (χ1v) is 8.40. The monoisotopic (exact) mass is 378 g/mol. The highest BCUT2D eigenvalue weighted by atomic mass is 32.2. The average Bonchev–Trinajstić information content (AvgIpc) is 3.09. The Morgan fingerprint density at radius 1 is 1.42 bits per heavy atom. The second-order valence-electron chi connectivity index (χ2n) is 5.05. The summed E-state index contributed by atoms with van der Waals surface area (Å²) in [5.41, 5.74) is 6.66. The number of carbonyl (C=O) groups excluding carboxylic acids is 1. The summed E-state index contributed by atoms with van der Waals surface area (Å²) in [6.45, 7) is 1.82. The Morgan fingerprint density at radius 3 is 2.96 bits per heavy atom. The van der Waals surface area contributed by atoms with Gasteiger partial charge in [0.2, 0.25) is 11.9 Å². The lowest BCUT2D eigenvalue weighted by Gasteiger charge is -2.14. The number of methoxy groups -OCH3 is 1. The average molecular weight is 378 g/mol. The molecule has 10 nitrogen and oxygen atoms in total. The molecule has 3 aromatic rings. The molecule has 136 valence electrons. The zero-order chi connectivity index (χ0) is 18.7. The van der Waals surface area contributed by atoms with Crippen molar-refractivity contribution in [3.05, 3.63) is 18.3 Å². The van der Waals surface area contributed by atoms with Gasteiger partial charge in [-0.1, -0.05) is 18.7 Å². The van der Waals surface area contributed by atoms with Crippen molar-refractivity contribution in [3.8, 4) is 6.01 Å². The SMILES string of the molecule is CC[C@H](Sc1nc(N)nc2nc[nH]c12)C(=O)Nc1nc(OC)ncc1F. The predicted octanol–water partition coefficient (Wildman–Crippen LogP) is 1.38. The molecule has 12 heteroatoms. The predicted molar refractivity (Wildman–Crippen MR) is 93.2 cm³/mol. The van der Waals surface area contributed by atoms with Gasteiger partial charge in [-0.25, -0.2) is 19.3 Å². The van der Waals surface area contributed by atoms with E-state index >= 15 is 0 Å². The number of nitrogens with one attached hydrogen (secondary N) is 2. The van der Waals surface area contributed by atoms with Crippen LogP contribution in [0.3, 0.4) is 0 Å². The molecule has 0 aliphatic heterocycles.